The van der Waals surface area contributed by atoms with E-state index in [0.29, 0.717) is 0 Å². The lowest BCUT2D eigenvalue weighted by Gasteiger charge is -2.08. The number of hydrogen-bond donors (Lipinski definition) is 0. The summed E-state index contributed by atoms with van der Waals surface area (Å²) < 4.78 is 19.6. The largest absolute Gasteiger partial charge is 0.480 e. The summed E-state index contributed by atoms with van der Waals surface area (Å²) in [6.45, 7) is 0.0448. The zero-order chi connectivity index (χ0) is 13.8. The van der Waals surface area contributed by atoms with Gasteiger partial charge in [-0.15, -0.1) is 0 Å². The molecule has 0 amide bonds. The Balaban J connectivity index is 2.25. The molecular weight excluding hydrogens is 317 g/mol. The molecular formula is C13H9BrFNO3. The van der Waals surface area contributed by atoms with Crippen LogP contribution in [0, 0.1) is 15.9 Å². The zero-order valence-electron chi connectivity index (χ0n) is 9.68. The minimum absolute atomic E-state index is 0.0448. The van der Waals surface area contributed by atoms with Crippen molar-refractivity contribution in [1.82, 2.24) is 0 Å². The molecule has 2 aromatic rings. The highest BCUT2D eigenvalue weighted by Gasteiger charge is 2.19. The molecule has 98 valence electrons. The summed E-state index contributed by atoms with van der Waals surface area (Å²) in [5.41, 5.74) is 0.395. The maximum atomic E-state index is 13.6. The molecule has 2 rings (SSSR count). The van der Waals surface area contributed by atoms with Crippen LogP contribution in [0.3, 0.4) is 0 Å². The summed E-state index contributed by atoms with van der Waals surface area (Å²) >= 11 is 3.33. The maximum Gasteiger partial charge on any atom is 0.314 e. The number of nitro groups is 1. The minimum atomic E-state index is -0.749. The lowest BCUT2D eigenvalue weighted by molar-refractivity contribution is -0.386. The number of hydrogen-bond acceptors (Lipinski definition) is 3. The molecule has 6 heteroatoms. The molecule has 0 radical (unpaired) electrons. The predicted molar refractivity (Wildman–Crippen MR) is 71.5 cm³/mol. The summed E-state index contributed by atoms with van der Waals surface area (Å²) in [7, 11) is 0. The van der Waals surface area contributed by atoms with Crippen LogP contribution in [0.25, 0.3) is 0 Å². The molecule has 19 heavy (non-hydrogen) atoms. The Kier molecular flexibility index (Phi) is 4.11. The third kappa shape index (κ3) is 3.08. The summed E-state index contributed by atoms with van der Waals surface area (Å²) in [6, 6.07) is 10.9. The summed E-state index contributed by atoms with van der Waals surface area (Å²) in [5, 5.41) is 10.8. The second-order valence-corrected chi connectivity index (χ2v) is 4.58. The van der Waals surface area contributed by atoms with Crippen molar-refractivity contribution in [2.75, 3.05) is 0 Å². The van der Waals surface area contributed by atoms with Gasteiger partial charge in [-0.3, -0.25) is 10.1 Å². The Morgan fingerprint density at radius 2 is 1.95 bits per heavy atom. The van der Waals surface area contributed by atoms with Crippen molar-refractivity contribution in [1.29, 1.82) is 0 Å². The normalized spacial score (nSPS) is 10.2. The van der Waals surface area contributed by atoms with Crippen LogP contribution < -0.4 is 4.74 Å². The van der Waals surface area contributed by atoms with Crippen LogP contribution in [-0.4, -0.2) is 4.92 Å². The average Bonchev–Trinajstić information content (AvgIpc) is 2.38. The van der Waals surface area contributed by atoms with Gasteiger partial charge in [0.1, 0.15) is 6.61 Å². The van der Waals surface area contributed by atoms with Gasteiger partial charge in [0.25, 0.3) is 0 Å². The highest BCUT2D eigenvalue weighted by Crippen LogP contribution is 2.30. The molecule has 4 nitrogen and oxygen atoms in total. The molecule has 0 saturated heterocycles. The van der Waals surface area contributed by atoms with Gasteiger partial charge in [0, 0.05) is 16.1 Å². The van der Waals surface area contributed by atoms with Gasteiger partial charge < -0.3 is 4.74 Å². The molecule has 0 bridgehead atoms. The van der Waals surface area contributed by atoms with Crippen molar-refractivity contribution in [3.63, 3.8) is 0 Å². The molecule has 0 aliphatic rings. The number of halogens is 2. The standard InChI is InChI=1S/C13H9BrFNO3/c14-10-5-2-1-4-9(10)8-19-13-11(15)6-3-7-12(13)16(17)18/h1-7H,8H2. The second kappa shape index (κ2) is 5.79. The smallest absolute Gasteiger partial charge is 0.314 e. The van der Waals surface area contributed by atoms with E-state index < -0.39 is 10.7 Å². The number of nitrogens with zero attached hydrogens (tertiary/aromatic N) is 1. The molecule has 0 aliphatic heterocycles. The molecule has 0 spiro atoms. The van der Waals surface area contributed by atoms with Crippen molar-refractivity contribution < 1.29 is 14.1 Å². The fourth-order valence-electron chi connectivity index (χ4n) is 1.55. The Labute approximate surface area is 117 Å². The first-order valence-corrected chi connectivity index (χ1v) is 6.18. The van der Waals surface area contributed by atoms with Gasteiger partial charge >= 0.3 is 5.69 Å². The lowest BCUT2D eigenvalue weighted by atomic mass is 10.2. The number of benzene rings is 2. The van der Waals surface area contributed by atoms with Gasteiger partial charge in [0.05, 0.1) is 4.92 Å². The Bertz CT molecular complexity index is 619. The Morgan fingerprint density at radius 1 is 1.21 bits per heavy atom. The number of rotatable bonds is 4. The summed E-state index contributed by atoms with van der Waals surface area (Å²) in [6.07, 6.45) is 0. The van der Waals surface area contributed by atoms with Gasteiger partial charge in [0.2, 0.25) is 5.75 Å². The average molecular weight is 326 g/mol. The van der Waals surface area contributed by atoms with Crippen LogP contribution in [0.1, 0.15) is 5.56 Å². The first kappa shape index (κ1) is 13.5. The molecule has 2 aromatic carbocycles. The van der Waals surface area contributed by atoms with E-state index >= 15 is 0 Å². The first-order chi connectivity index (χ1) is 9.09. The van der Waals surface area contributed by atoms with Crippen LogP contribution in [0.4, 0.5) is 10.1 Å². The molecule has 0 aromatic heterocycles. The molecule has 0 heterocycles. The van der Waals surface area contributed by atoms with Crippen molar-refractivity contribution in [3.05, 3.63) is 68.4 Å². The van der Waals surface area contributed by atoms with Gasteiger partial charge in [-0.1, -0.05) is 40.2 Å². The topological polar surface area (TPSA) is 52.4 Å². The summed E-state index contributed by atoms with van der Waals surface area (Å²) in [4.78, 5) is 10.1. The monoisotopic (exact) mass is 325 g/mol. The van der Waals surface area contributed by atoms with Crippen molar-refractivity contribution >= 4 is 21.6 Å². The van der Waals surface area contributed by atoms with E-state index in [2.05, 4.69) is 15.9 Å². The Morgan fingerprint density at radius 3 is 2.63 bits per heavy atom. The quantitative estimate of drug-likeness (QED) is 0.628. The van der Waals surface area contributed by atoms with Gasteiger partial charge in [-0.05, 0) is 12.1 Å². The Hall–Kier alpha value is -1.95. The van der Waals surface area contributed by atoms with E-state index in [1.165, 1.54) is 12.1 Å². The van der Waals surface area contributed by atoms with E-state index in [-0.39, 0.29) is 18.0 Å². The second-order valence-electron chi connectivity index (χ2n) is 3.73. The van der Waals surface area contributed by atoms with Crippen molar-refractivity contribution in [2.45, 2.75) is 6.61 Å². The SMILES string of the molecule is O=[N+]([O-])c1cccc(F)c1OCc1ccccc1Br. The molecule has 0 N–H and O–H groups in total. The number of nitro benzene ring substituents is 1. The van der Waals surface area contributed by atoms with Crippen molar-refractivity contribution in [3.8, 4) is 5.75 Å². The lowest BCUT2D eigenvalue weighted by Crippen LogP contribution is -2.01. The molecule has 0 saturated carbocycles. The van der Waals surface area contributed by atoms with Crippen LogP contribution in [0.2, 0.25) is 0 Å². The highest BCUT2D eigenvalue weighted by atomic mass is 79.9. The fourth-order valence-corrected chi connectivity index (χ4v) is 1.95. The fraction of sp³-hybridized carbons (Fsp3) is 0.0769. The van der Waals surface area contributed by atoms with E-state index in [9.17, 15) is 14.5 Å². The third-order valence-corrected chi connectivity index (χ3v) is 3.25. The predicted octanol–water partition coefficient (Wildman–Crippen LogP) is 4.08. The van der Waals surface area contributed by atoms with Gasteiger partial charge in [0.15, 0.2) is 5.82 Å². The molecule has 0 atom stereocenters. The van der Waals surface area contributed by atoms with E-state index in [1.54, 1.807) is 12.1 Å². The van der Waals surface area contributed by atoms with Crippen LogP contribution in [0.15, 0.2) is 46.9 Å². The number of para-hydroxylation sites is 1. The van der Waals surface area contributed by atoms with Crippen LogP contribution in [-0.2, 0) is 6.61 Å². The minimum Gasteiger partial charge on any atom is -0.480 e. The van der Waals surface area contributed by atoms with E-state index in [4.69, 9.17) is 4.74 Å². The highest BCUT2D eigenvalue weighted by molar-refractivity contribution is 9.10. The van der Waals surface area contributed by atoms with Gasteiger partial charge in [-0.25, -0.2) is 4.39 Å². The molecule has 0 fully saturated rings. The first-order valence-electron chi connectivity index (χ1n) is 5.38. The number of ether oxygens (including phenoxy) is 1. The third-order valence-electron chi connectivity index (χ3n) is 2.47. The zero-order valence-corrected chi connectivity index (χ0v) is 11.3. The van der Waals surface area contributed by atoms with Crippen LogP contribution in [0.5, 0.6) is 5.75 Å². The molecule has 0 unspecified atom stereocenters. The van der Waals surface area contributed by atoms with Crippen molar-refractivity contribution in [2.24, 2.45) is 0 Å². The van der Waals surface area contributed by atoms with Crippen LogP contribution >= 0.6 is 15.9 Å². The van der Waals surface area contributed by atoms with E-state index in [0.717, 1.165) is 16.1 Å². The van der Waals surface area contributed by atoms with E-state index in [1.807, 2.05) is 12.1 Å². The summed E-state index contributed by atoms with van der Waals surface area (Å²) in [5.74, 6) is -1.09. The molecule has 0 aliphatic carbocycles. The van der Waals surface area contributed by atoms with Gasteiger partial charge in [-0.2, -0.15) is 0 Å². The maximum absolute atomic E-state index is 13.6.